The van der Waals surface area contributed by atoms with Gasteiger partial charge in [-0.2, -0.15) is 0 Å². The third-order valence-electron chi connectivity index (χ3n) is 15.9. The summed E-state index contributed by atoms with van der Waals surface area (Å²) >= 11 is 0. The third kappa shape index (κ3) is 61.3. The van der Waals surface area contributed by atoms with Crippen molar-refractivity contribution in [3.63, 3.8) is 0 Å². The van der Waals surface area contributed by atoms with Gasteiger partial charge < -0.3 is 15.5 Å². The van der Waals surface area contributed by atoms with Crippen LogP contribution in [0, 0.1) is 0 Å². The van der Waals surface area contributed by atoms with Crippen molar-refractivity contribution < 1.29 is 15.0 Å². The Morgan fingerprint density at radius 2 is 0.562 bits per heavy atom. The number of rotatable bonds is 63. The number of amides is 1. The largest absolute Gasteiger partial charge is 0.394 e. The average Bonchev–Trinajstić information content (AvgIpc) is 3.40. The molecule has 0 bridgehead atoms. The van der Waals surface area contributed by atoms with Gasteiger partial charge in [-0.05, 0) is 51.4 Å². The van der Waals surface area contributed by atoms with E-state index in [1.165, 1.54) is 315 Å². The number of aliphatic hydroxyl groups excluding tert-OH is 2. The lowest BCUT2D eigenvalue weighted by molar-refractivity contribution is -0.123. The Kier molecular flexibility index (Phi) is 63.7. The highest BCUT2D eigenvalue weighted by Gasteiger charge is 2.20. The molecule has 2 atom stereocenters. The Bertz CT molecular complexity index is 1110. The zero-order valence-electron chi connectivity index (χ0n) is 49.9. The van der Waals surface area contributed by atoms with Crippen molar-refractivity contribution >= 4 is 5.91 Å². The molecule has 0 saturated heterocycles. The minimum atomic E-state index is -0.659. The highest BCUT2D eigenvalue weighted by molar-refractivity contribution is 5.76. The molecule has 0 spiro atoms. The van der Waals surface area contributed by atoms with Crippen molar-refractivity contribution in [3.8, 4) is 0 Å². The van der Waals surface area contributed by atoms with Gasteiger partial charge in [0.05, 0.1) is 18.8 Å². The van der Waals surface area contributed by atoms with Gasteiger partial charge >= 0.3 is 0 Å². The van der Waals surface area contributed by atoms with E-state index in [1.54, 1.807) is 0 Å². The lowest BCUT2D eigenvalue weighted by Gasteiger charge is -2.22. The van der Waals surface area contributed by atoms with Crippen molar-refractivity contribution in [2.24, 2.45) is 0 Å². The van der Waals surface area contributed by atoms with E-state index in [2.05, 4.69) is 55.6 Å². The predicted octanol–water partition coefficient (Wildman–Crippen LogP) is 22.8. The second-order valence-electron chi connectivity index (χ2n) is 23.2. The Balaban J connectivity index is 3.39. The molecule has 0 rings (SSSR count). The smallest absolute Gasteiger partial charge is 0.220 e. The summed E-state index contributed by atoms with van der Waals surface area (Å²) in [5.74, 6) is -0.0230. The molecule has 0 heterocycles. The highest BCUT2D eigenvalue weighted by atomic mass is 16.3. The Labute approximate surface area is 459 Å². The molecule has 0 aromatic carbocycles. The van der Waals surface area contributed by atoms with Crippen molar-refractivity contribution in [1.82, 2.24) is 5.32 Å². The summed E-state index contributed by atoms with van der Waals surface area (Å²) in [5, 5.41) is 23.4. The van der Waals surface area contributed by atoms with Crippen LogP contribution in [0.4, 0.5) is 0 Å². The first-order valence-electron chi connectivity index (χ1n) is 33.7. The quantitative estimate of drug-likeness (QED) is 0.0420. The van der Waals surface area contributed by atoms with Gasteiger partial charge in [-0.3, -0.25) is 4.79 Å². The molecule has 0 radical (unpaired) electrons. The normalized spacial score (nSPS) is 12.9. The van der Waals surface area contributed by atoms with E-state index in [-0.39, 0.29) is 12.5 Å². The molecule has 73 heavy (non-hydrogen) atoms. The van der Waals surface area contributed by atoms with E-state index in [0.717, 1.165) is 38.5 Å². The molecule has 432 valence electrons. The van der Waals surface area contributed by atoms with Crippen molar-refractivity contribution in [2.45, 2.75) is 392 Å². The summed E-state index contributed by atoms with van der Waals surface area (Å²) in [6.45, 7) is 4.39. The van der Waals surface area contributed by atoms with Crippen molar-refractivity contribution in [2.75, 3.05) is 6.61 Å². The first-order valence-corrected chi connectivity index (χ1v) is 33.7. The highest BCUT2D eigenvalue weighted by Crippen LogP contribution is 2.19. The van der Waals surface area contributed by atoms with Crippen LogP contribution in [0.1, 0.15) is 380 Å². The fourth-order valence-electron chi connectivity index (χ4n) is 10.8. The van der Waals surface area contributed by atoms with E-state index in [0.29, 0.717) is 12.8 Å². The Morgan fingerprint density at radius 1 is 0.329 bits per heavy atom. The standard InChI is InChI=1S/C69H133NO3/c1-3-5-7-9-11-13-15-17-19-21-23-25-27-29-30-31-32-33-34-35-36-37-38-39-40-41-43-45-47-49-51-53-55-57-59-61-63-65-69(73)70-67(66-71)68(72)64-62-60-58-56-54-52-50-48-46-44-42-28-26-24-22-20-18-16-14-12-10-8-6-4-2/h15,17,21,23,27,29,67-68,71-72H,3-14,16,18-20,22,24-26,28,30-66H2,1-2H3,(H,70,73)/b17-15-,23-21-,29-27-. The molecule has 2 unspecified atom stereocenters. The molecule has 0 fully saturated rings. The van der Waals surface area contributed by atoms with Gasteiger partial charge in [-0.1, -0.05) is 359 Å². The number of allylic oxidation sites excluding steroid dienone is 6. The van der Waals surface area contributed by atoms with Crippen LogP contribution in [0.25, 0.3) is 0 Å². The average molecular weight is 1020 g/mol. The summed E-state index contributed by atoms with van der Waals surface area (Å²) in [6, 6.07) is -0.536. The summed E-state index contributed by atoms with van der Waals surface area (Å²) in [5.41, 5.74) is 0. The minimum Gasteiger partial charge on any atom is -0.394 e. The van der Waals surface area contributed by atoms with Crippen molar-refractivity contribution in [3.05, 3.63) is 36.5 Å². The second-order valence-corrected chi connectivity index (χ2v) is 23.2. The lowest BCUT2D eigenvalue weighted by Crippen LogP contribution is -2.45. The van der Waals surface area contributed by atoms with Gasteiger partial charge in [0.15, 0.2) is 0 Å². The van der Waals surface area contributed by atoms with Crippen LogP contribution < -0.4 is 5.32 Å². The van der Waals surface area contributed by atoms with Crippen LogP contribution in [0.2, 0.25) is 0 Å². The van der Waals surface area contributed by atoms with E-state index < -0.39 is 12.1 Å². The molecular weight excluding hydrogens is 891 g/mol. The molecule has 1 amide bonds. The van der Waals surface area contributed by atoms with E-state index in [1.807, 2.05) is 0 Å². The van der Waals surface area contributed by atoms with Gasteiger partial charge in [-0.25, -0.2) is 0 Å². The van der Waals surface area contributed by atoms with Crippen LogP contribution in [-0.2, 0) is 4.79 Å². The molecule has 0 saturated carbocycles. The molecule has 0 aliphatic heterocycles. The summed E-state index contributed by atoms with van der Waals surface area (Å²) in [4.78, 5) is 12.5. The van der Waals surface area contributed by atoms with Gasteiger partial charge in [-0.15, -0.1) is 0 Å². The van der Waals surface area contributed by atoms with Crippen LogP contribution in [0.5, 0.6) is 0 Å². The summed E-state index contributed by atoms with van der Waals surface area (Å²) < 4.78 is 0. The zero-order valence-corrected chi connectivity index (χ0v) is 49.9. The maximum atomic E-state index is 12.5. The van der Waals surface area contributed by atoms with Crippen molar-refractivity contribution in [1.29, 1.82) is 0 Å². The summed E-state index contributed by atoms with van der Waals surface area (Å²) in [6.07, 6.45) is 89.0. The number of hydrogen-bond donors (Lipinski definition) is 3. The maximum Gasteiger partial charge on any atom is 0.220 e. The third-order valence-corrected chi connectivity index (χ3v) is 15.9. The maximum absolute atomic E-state index is 12.5. The zero-order chi connectivity index (χ0) is 52.7. The minimum absolute atomic E-state index is 0.0230. The van der Waals surface area contributed by atoms with E-state index in [9.17, 15) is 15.0 Å². The lowest BCUT2D eigenvalue weighted by atomic mass is 10.0. The van der Waals surface area contributed by atoms with Crippen LogP contribution in [0.15, 0.2) is 36.5 Å². The van der Waals surface area contributed by atoms with Gasteiger partial charge in [0.1, 0.15) is 0 Å². The molecular formula is C69H133NO3. The number of carbonyl (C=O) groups excluding carboxylic acids is 1. The van der Waals surface area contributed by atoms with Gasteiger partial charge in [0, 0.05) is 6.42 Å². The molecule has 0 aliphatic rings. The van der Waals surface area contributed by atoms with E-state index >= 15 is 0 Å². The number of carbonyl (C=O) groups is 1. The molecule has 4 nitrogen and oxygen atoms in total. The predicted molar refractivity (Wildman–Crippen MR) is 327 cm³/mol. The fourth-order valence-corrected chi connectivity index (χ4v) is 10.8. The number of aliphatic hydroxyl groups is 2. The SMILES string of the molecule is CCCCCCC/C=C\C/C=C\C/C=C\CCCCCCCCCCCCCCCCCCCCCCCCC(=O)NC(CO)C(O)CCCCCCCCCCCCCCCCCCCCCCCCCC. The number of unbranched alkanes of at least 4 members (excludes halogenated alkanes) is 50. The van der Waals surface area contributed by atoms with Crippen LogP contribution in [-0.4, -0.2) is 34.9 Å². The molecule has 3 N–H and O–H groups in total. The second kappa shape index (κ2) is 64.9. The number of nitrogens with one attached hydrogen (secondary N) is 1. The first kappa shape index (κ1) is 71.6. The first-order chi connectivity index (χ1) is 36.2. The molecule has 0 aromatic heterocycles. The van der Waals surface area contributed by atoms with Crippen LogP contribution >= 0.6 is 0 Å². The molecule has 0 aliphatic carbocycles. The number of hydrogen-bond acceptors (Lipinski definition) is 3. The van der Waals surface area contributed by atoms with Crippen LogP contribution in [0.3, 0.4) is 0 Å². The Morgan fingerprint density at radius 3 is 0.836 bits per heavy atom. The Hall–Kier alpha value is -1.39. The van der Waals surface area contributed by atoms with E-state index in [4.69, 9.17) is 0 Å². The molecule has 4 heteroatoms. The van der Waals surface area contributed by atoms with Gasteiger partial charge in [0.2, 0.25) is 5.91 Å². The monoisotopic (exact) mass is 1020 g/mol. The topological polar surface area (TPSA) is 69.6 Å². The molecule has 0 aromatic rings. The van der Waals surface area contributed by atoms with Gasteiger partial charge in [0.25, 0.3) is 0 Å². The summed E-state index contributed by atoms with van der Waals surface area (Å²) in [7, 11) is 0. The fraction of sp³-hybridized carbons (Fsp3) is 0.899.